The molecule has 2 heterocycles. The molecule has 1 N–H and O–H groups in total. The number of methoxy groups -OCH3 is 1. The number of halogens is 2. The summed E-state index contributed by atoms with van der Waals surface area (Å²) in [7, 11) is 1.34. The van der Waals surface area contributed by atoms with Crippen molar-refractivity contribution in [3.05, 3.63) is 70.8 Å². The van der Waals surface area contributed by atoms with E-state index in [2.05, 4.69) is 15.3 Å². The largest absolute Gasteiger partial charge is 0.465 e. The number of carbonyl (C=O) groups is 1. The van der Waals surface area contributed by atoms with Gasteiger partial charge in [-0.15, -0.1) is 0 Å². The molecule has 0 aliphatic carbocycles. The number of aromatic nitrogens is 2. The lowest BCUT2D eigenvalue weighted by molar-refractivity contribution is 0.0601. The first-order valence-electron chi connectivity index (χ1n) is 8.47. The first kappa shape index (κ1) is 18.1. The van der Waals surface area contributed by atoms with Crippen LogP contribution in [0.4, 0.5) is 15.9 Å². The molecule has 0 atom stereocenters. The molecule has 0 saturated carbocycles. The van der Waals surface area contributed by atoms with Crippen LogP contribution in [0.5, 0.6) is 0 Å². The van der Waals surface area contributed by atoms with Gasteiger partial charge in [-0.1, -0.05) is 17.7 Å². The van der Waals surface area contributed by atoms with E-state index >= 15 is 0 Å². The van der Waals surface area contributed by atoms with Gasteiger partial charge >= 0.3 is 5.97 Å². The molecule has 140 valence electrons. The van der Waals surface area contributed by atoms with E-state index in [9.17, 15) is 9.18 Å². The van der Waals surface area contributed by atoms with Crippen molar-refractivity contribution in [2.24, 2.45) is 0 Å². The third kappa shape index (κ3) is 3.12. The number of benzene rings is 2. The summed E-state index contributed by atoms with van der Waals surface area (Å²) in [5.41, 5.74) is 2.61. The first-order chi connectivity index (χ1) is 13.5. The summed E-state index contributed by atoms with van der Waals surface area (Å²) in [5, 5.41) is 5.42. The van der Waals surface area contributed by atoms with Gasteiger partial charge in [0, 0.05) is 28.0 Å². The Morgan fingerprint density at radius 3 is 2.75 bits per heavy atom. The average Bonchev–Trinajstić information content (AvgIpc) is 2.69. The molecule has 0 aliphatic rings. The van der Waals surface area contributed by atoms with Crippen LogP contribution in [0.25, 0.3) is 21.7 Å². The van der Waals surface area contributed by atoms with Crippen molar-refractivity contribution < 1.29 is 13.9 Å². The van der Waals surface area contributed by atoms with E-state index in [1.54, 1.807) is 30.5 Å². The number of hydrogen-bond donors (Lipinski definition) is 1. The van der Waals surface area contributed by atoms with Crippen molar-refractivity contribution in [1.29, 1.82) is 0 Å². The molecule has 4 aromatic rings. The summed E-state index contributed by atoms with van der Waals surface area (Å²) in [6, 6.07) is 11.3. The molecule has 2 aromatic heterocycles. The molecule has 5 nitrogen and oxygen atoms in total. The second-order valence-electron chi connectivity index (χ2n) is 6.29. The van der Waals surface area contributed by atoms with Crippen LogP contribution in [0.3, 0.4) is 0 Å². The number of aryl methyl sites for hydroxylation is 1. The molecule has 0 amide bonds. The summed E-state index contributed by atoms with van der Waals surface area (Å²) in [4.78, 5) is 20.6. The summed E-state index contributed by atoms with van der Waals surface area (Å²) in [6.45, 7) is 1.91. The van der Waals surface area contributed by atoms with Crippen LogP contribution in [0.2, 0.25) is 5.15 Å². The Kier molecular flexibility index (Phi) is 4.57. The molecule has 2 aromatic carbocycles. The fraction of sp³-hybridized carbons (Fsp3) is 0.0952. The van der Waals surface area contributed by atoms with Gasteiger partial charge in [-0.05, 0) is 48.9 Å². The number of ether oxygens (including phenoxy) is 1. The maximum Gasteiger partial charge on any atom is 0.337 e. The Labute approximate surface area is 165 Å². The van der Waals surface area contributed by atoms with Crippen LogP contribution < -0.4 is 5.32 Å². The molecular weight excluding hydrogens is 381 g/mol. The van der Waals surface area contributed by atoms with Gasteiger partial charge in [0.05, 0.1) is 18.2 Å². The van der Waals surface area contributed by atoms with E-state index in [1.807, 2.05) is 13.0 Å². The fourth-order valence-electron chi connectivity index (χ4n) is 3.10. The van der Waals surface area contributed by atoms with E-state index < -0.39 is 5.97 Å². The van der Waals surface area contributed by atoms with Gasteiger partial charge in [-0.3, -0.25) is 0 Å². The summed E-state index contributed by atoms with van der Waals surface area (Å²) >= 11 is 6.33. The fourth-order valence-corrected chi connectivity index (χ4v) is 3.36. The van der Waals surface area contributed by atoms with Crippen molar-refractivity contribution in [2.45, 2.75) is 6.92 Å². The van der Waals surface area contributed by atoms with Gasteiger partial charge < -0.3 is 10.1 Å². The van der Waals surface area contributed by atoms with Crippen molar-refractivity contribution in [1.82, 2.24) is 9.97 Å². The Hall–Kier alpha value is -3.25. The predicted octanol–water partition coefficient (Wildman–Crippen LogP) is 5.41. The third-order valence-corrected chi connectivity index (χ3v) is 4.82. The van der Waals surface area contributed by atoms with Crippen LogP contribution in [-0.4, -0.2) is 23.0 Å². The normalized spacial score (nSPS) is 11.0. The molecule has 0 radical (unpaired) electrons. The lowest BCUT2D eigenvalue weighted by atomic mass is 10.1. The van der Waals surface area contributed by atoms with E-state index in [1.165, 1.54) is 19.2 Å². The van der Waals surface area contributed by atoms with E-state index in [0.717, 1.165) is 5.56 Å². The number of anilines is 2. The van der Waals surface area contributed by atoms with Crippen LogP contribution in [0, 0.1) is 12.7 Å². The van der Waals surface area contributed by atoms with E-state index in [4.69, 9.17) is 16.3 Å². The highest BCUT2D eigenvalue weighted by atomic mass is 35.5. The van der Waals surface area contributed by atoms with Gasteiger partial charge in [-0.25, -0.2) is 19.2 Å². The average molecular weight is 396 g/mol. The maximum absolute atomic E-state index is 13.8. The second-order valence-corrected chi connectivity index (χ2v) is 6.65. The number of esters is 1. The molecule has 0 unspecified atom stereocenters. The summed E-state index contributed by atoms with van der Waals surface area (Å²) in [5.74, 6) is -0.275. The summed E-state index contributed by atoms with van der Waals surface area (Å²) < 4.78 is 18.6. The highest BCUT2D eigenvalue weighted by Crippen LogP contribution is 2.35. The first-order valence-corrected chi connectivity index (χ1v) is 8.85. The maximum atomic E-state index is 13.8. The highest BCUT2D eigenvalue weighted by molar-refractivity contribution is 6.37. The van der Waals surface area contributed by atoms with Gasteiger partial charge in [-0.2, -0.15) is 0 Å². The number of carbonyl (C=O) groups excluding carboxylic acids is 1. The monoisotopic (exact) mass is 395 g/mol. The Bertz CT molecular complexity index is 1240. The van der Waals surface area contributed by atoms with Crippen molar-refractivity contribution in [2.75, 3.05) is 12.4 Å². The zero-order chi connectivity index (χ0) is 19.8. The number of hydrogen-bond acceptors (Lipinski definition) is 5. The molecule has 0 fully saturated rings. The highest BCUT2D eigenvalue weighted by Gasteiger charge is 2.15. The second kappa shape index (κ2) is 7.05. The van der Waals surface area contributed by atoms with Crippen LogP contribution in [0.1, 0.15) is 15.9 Å². The van der Waals surface area contributed by atoms with E-state index in [0.29, 0.717) is 38.7 Å². The quantitative estimate of drug-likeness (QED) is 0.285. The van der Waals surface area contributed by atoms with Crippen LogP contribution in [-0.2, 0) is 4.74 Å². The minimum atomic E-state index is -0.429. The van der Waals surface area contributed by atoms with Crippen LogP contribution >= 0.6 is 11.6 Å². The molecule has 0 aliphatic heterocycles. The predicted molar refractivity (Wildman–Crippen MR) is 108 cm³/mol. The van der Waals surface area contributed by atoms with Gasteiger partial charge in [0.1, 0.15) is 16.8 Å². The Morgan fingerprint density at radius 1 is 1.14 bits per heavy atom. The number of nitrogens with one attached hydrogen (secondary N) is 1. The van der Waals surface area contributed by atoms with E-state index in [-0.39, 0.29) is 11.0 Å². The molecule has 28 heavy (non-hydrogen) atoms. The molecule has 0 spiro atoms. The number of pyridine rings is 2. The minimum absolute atomic E-state index is 0.263. The van der Waals surface area contributed by atoms with Gasteiger partial charge in [0.25, 0.3) is 0 Å². The topological polar surface area (TPSA) is 64.1 Å². The lowest BCUT2D eigenvalue weighted by Gasteiger charge is -2.14. The molecule has 7 heteroatoms. The number of fused-ring (bicyclic) bond motifs is 3. The lowest BCUT2D eigenvalue weighted by Crippen LogP contribution is -2.04. The van der Waals surface area contributed by atoms with Crippen molar-refractivity contribution in [3.8, 4) is 0 Å². The van der Waals surface area contributed by atoms with Gasteiger partial charge in [0.2, 0.25) is 0 Å². The third-order valence-electron chi connectivity index (χ3n) is 4.53. The van der Waals surface area contributed by atoms with Crippen LogP contribution in [0.15, 0.2) is 48.7 Å². The van der Waals surface area contributed by atoms with Crippen molar-refractivity contribution >= 4 is 50.8 Å². The summed E-state index contributed by atoms with van der Waals surface area (Å²) in [6.07, 6.45) is 1.57. The standard InChI is InChI=1S/C21H15ClFN3O2/c1-11-3-4-12(21(27)28-2)9-17(11)26-20-14-7-8-24-19(22)18(14)15-10-13(23)5-6-16(15)25-20/h3-10H,1-2H3,(H,25,26). The number of rotatable bonds is 3. The van der Waals surface area contributed by atoms with Gasteiger partial charge in [0.15, 0.2) is 0 Å². The van der Waals surface area contributed by atoms with Crippen molar-refractivity contribution in [3.63, 3.8) is 0 Å². The number of nitrogens with zero attached hydrogens (tertiary/aromatic N) is 2. The molecular formula is C21H15ClFN3O2. The smallest absolute Gasteiger partial charge is 0.337 e. The SMILES string of the molecule is COC(=O)c1ccc(C)c(Nc2nc3ccc(F)cc3c3c(Cl)nccc23)c1. The Morgan fingerprint density at radius 2 is 1.96 bits per heavy atom. The zero-order valence-corrected chi connectivity index (χ0v) is 15.8. The zero-order valence-electron chi connectivity index (χ0n) is 15.1. The Balaban J connectivity index is 1.93. The minimum Gasteiger partial charge on any atom is -0.465 e. The molecule has 0 bridgehead atoms. The molecule has 4 rings (SSSR count). The molecule has 0 saturated heterocycles.